The van der Waals surface area contributed by atoms with E-state index in [1.807, 2.05) is 0 Å². The van der Waals surface area contributed by atoms with Crippen molar-refractivity contribution in [3.05, 3.63) is 41.5 Å². The number of hydrogen-bond donors (Lipinski definition) is 0. The molecule has 0 saturated carbocycles. The van der Waals surface area contributed by atoms with Crippen molar-refractivity contribution in [1.82, 2.24) is 19.9 Å². The SMILES string of the molecule is CC1CN(C(=O)c2nnn(-c3ccc(F)cc3)c2C(F)(F)F)CCC1=O. The number of hydrogen-bond acceptors (Lipinski definition) is 4. The van der Waals surface area contributed by atoms with Crippen LogP contribution in [0.2, 0.25) is 0 Å². The van der Waals surface area contributed by atoms with Crippen molar-refractivity contribution in [2.24, 2.45) is 5.92 Å². The maximum absolute atomic E-state index is 13.6. The molecule has 1 aromatic carbocycles. The lowest BCUT2D eigenvalue weighted by atomic mass is 9.98. The quantitative estimate of drug-likeness (QED) is 0.762. The van der Waals surface area contributed by atoms with Crippen molar-refractivity contribution in [2.45, 2.75) is 19.5 Å². The Morgan fingerprint density at radius 3 is 2.46 bits per heavy atom. The summed E-state index contributed by atoms with van der Waals surface area (Å²) in [5.41, 5.74) is -2.26. The Morgan fingerprint density at radius 1 is 1.23 bits per heavy atom. The molecule has 0 spiro atoms. The second kappa shape index (κ2) is 6.50. The molecule has 1 aromatic heterocycles. The van der Waals surface area contributed by atoms with Gasteiger partial charge in [0.2, 0.25) is 0 Å². The van der Waals surface area contributed by atoms with Gasteiger partial charge in [0, 0.05) is 25.4 Å². The van der Waals surface area contributed by atoms with Crippen LogP contribution in [0, 0.1) is 11.7 Å². The summed E-state index contributed by atoms with van der Waals surface area (Å²) in [4.78, 5) is 25.3. The van der Waals surface area contributed by atoms with E-state index < -0.39 is 35.2 Å². The monoisotopic (exact) mass is 370 g/mol. The number of aromatic nitrogens is 3. The Kier molecular flexibility index (Phi) is 4.51. The number of carbonyl (C=O) groups excluding carboxylic acids is 2. The standard InChI is InChI=1S/C16H14F4N4O2/c1-9-8-23(7-6-12(9)25)15(26)13-14(16(18,19)20)24(22-21-13)11-4-2-10(17)3-5-11/h2-5,9H,6-8H2,1H3. The van der Waals surface area contributed by atoms with E-state index in [0.717, 1.165) is 24.3 Å². The lowest BCUT2D eigenvalue weighted by Gasteiger charge is -2.29. The minimum Gasteiger partial charge on any atom is -0.336 e. The molecular formula is C16H14F4N4O2. The van der Waals surface area contributed by atoms with E-state index in [4.69, 9.17) is 0 Å². The Morgan fingerprint density at radius 2 is 1.88 bits per heavy atom. The van der Waals surface area contributed by atoms with E-state index >= 15 is 0 Å². The topological polar surface area (TPSA) is 68.1 Å². The smallest absolute Gasteiger partial charge is 0.336 e. The highest BCUT2D eigenvalue weighted by molar-refractivity contribution is 5.95. The fourth-order valence-corrected chi connectivity index (χ4v) is 2.79. The van der Waals surface area contributed by atoms with Crippen LogP contribution in [0.4, 0.5) is 17.6 Å². The summed E-state index contributed by atoms with van der Waals surface area (Å²) < 4.78 is 54.2. The van der Waals surface area contributed by atoms with E-state index in [1.165, 1.54) is 4.90 Å². The number of Topliss-reactive ketones (excluding diaryl/α,β-unsaturated/α-hetero) is 1. The van der Waals surface area contributed by atoms with Crippen LogP contribution in [0.15, 0.2) is 24.3 Å². The zero-order chi connectivity index (χ0) is 19.1. The summed E-state index contributed by atoms with van der Waals surface area (Å²) in [6, 6.07) is 4.18. The zero-order valence-corrected chi connectivity index (χ0v) is 13.6. The average molecular weight is 370 g/mol. The van der Waals surface area contributed by atoms with E-state index in [-0.39, 0.29) is 31.0 Å². The molecule has 10 heteroatoms. The molecule has 0 N–H and O–H groups in total. The van der Waals surface area contributed by atoms with Crippen molar-refractivity contribution < 1.29 is 27.2 Å². The van der Waals surface area contributed by atoms with E-state index in [2.05, 4.69) is 10.3 Å². The van der Waals surface area contributed by atoms with Gasteiger partial charge in [-0.2, -0.15) is 13.2 Å². The van der Waals surface area contributed by atoms with Gasteiger partial charge in [0.15, 0.2) is 11.4 Å². The highest BCUT2D eigenvalue weighted by Crippen LogP contribution is 2.33. The van der Waals surface area contributed by atoms with Gasteiger partial charge >= 0.3 is 6.18 Å². The van der Waals surface area contributed by atoms with Gasteiger partial charge in [0.1, 0.15) is 11.6 Å². The molecule has 1 atom stereocenters. The number of benzene rings is 1. The third-order valence-corrected chi connectivity index (χ3v) is 4.17. The van der Waals surface area contributed by atoms with Crippen LogP contribution in [-0.4, -0.2) is 44.7 Å². The first-order valence-corrected chi connectivity index (χ1v) is 7.79. The molecule has 0 bridgehead atoms. The summed E-state index contributed by atoms with van der Waals surface area (Å²) in [5, 5.41) is 6.87. The molecule has 0 radical (unpaired) electrons. The van der Waals surface area contributed by atoms with Crippen molar-refractivity contribution >= 4 is 11.7 Å². The van der Waals surface area contributed by atoms with Gasteiger partial charge < -0.3 is 4.90 Å². The average Bonchev–Trinajstić information content (AvgIpc) is 3.02. The van der Waals surface area contributed by atoms with E-state index in [1.54, 1.807) is 6.92 Å². The second-order valence-corrected chi connectivity index (χ2v) is 6.04. The van der Waals surface area contributed by atoms with Crippen molar-refractivity contribution in [3.8, 4) is 5.69 Å². The number of alkyl halides is 3. The summed E-state index contributed by atoms with van der Waals surface area (Å²) in [5.74, 6) is -2.05. The third kappa shape index (κ3) is 3.31. The van der Waals surface area contributed by atoms with Gasteiger partial charge in [-0.15, -0.1) is 5.10 Å². The molecule has 1 amide bonds. The zero-order valence-electron chi connectivity index (χ0n) is 13.6. The number of amides is 1. The van der Waals surface area contributed by atoms with Crippen LogP contribution in [0.25, 0.3) is 5.69 Å². The summed E-state index contributed by atoms with van der Waals surface area (Å²) in [6.07, 6.45) is -4.82. The van der Waals surface area contributed by atoms with Crippen LogP contribution in [0.3, 0.4) is 0 Å². The summed E-state index contributed by atoms with van der Waals surface area (Å²) in [6.45, 7) is 1.67. The number of likely N-dealkylation sites (tertiary alicyclic amines) is 1. The minimum absolute atomic E-state index is 0.0262. The van der Waals surface area contributed by atoms with Gasteiger partial charge in [0.05, 0.1) is 5.69 Å². The molecule has 3 rings (SSSR count). The predicted octanol–water partition coefficient (Wildman–Crippen LogP) is 2.48. The van der Waals surface area contributed by atoms with Crippen molar-refractivity contribution in [2.75, 3.05) is 13.1 Å². The van der Waals surface area contributed by atoms with Gasteiger partial charge in [-0.1, -0.05) is 12.1 Å². The first kappa shape index (κ1) is 18.0. The highest BCUT2D eigenvalue weighted by atomic mass is 19.4. The molecule has 1 saturated heterocycles. The van der Waals surface area contributed by atoms with Gasteiger partial charge in [0.25, 0.3) is 5.91 Å². The second-order valence-electron chi connectivity index (χ2n) is 6.04. The normalized spacial score (nSPS) is 18.3. The summed E-state index contributed by atoms with van der Waals surface area (Å²) in [7, 11) is 0. The van der Waals surface area contributed by atoms with Crippen LogP contribution in [0.1, 0.15) is 29.5 Å². The Labute approximate surface area is 145 Å². The molecule has 1 aliphatic heterocycles. The molecule has 1 aliphatic rings. The third-order valence-electron chi connectivity index (χ3n) is 4.17. The molecule has 26 heavy (non-hydrogen) atoms. The molecule has 1 unspecified atom stereocenters. The Bertz CT molecular complexity index is 845. The Hall–Kier alpha value is -2.78. The van der Waals surface area contributed by atoms with Crippen LogP contribution in [-0.2, 0) is 11.0 Å². The van der Waals surface area contributed by atoms with Crippen molar-refractivity contribution in [3.63, 3.8) is 0 Å². The fourth-order valence-electron chi connectivity index (χ4n) is 2.79. The van der Waals surface area contributed by atoms with Crippen LogP contribution in [0.5, 0.6) is 0 Å². The molecule has 1 fully saturated rings. The van der Waals surface area contributed by atoms with E-state index in [9.17, 15) is 27.2 Å². The van der Waals surface area contributed by atoms with Crippen molar-refractivity contribution in [1.29, 1.82) is 0 Å². The van der Waals surface area contributed by atoms with Gasteiger partial charge in [-0.3, -0.25) is 9.59 Å². The molecule has 2 aromatic rings. The molecule has 6 nitrogen and oxygen atoms in total. The number of rotatable bonds is 2. The largest absolute Gasteiger partial charge is 0.435 e. The Balaban J connectivity index is 2.01. The van der Waals surface area contributed by atoms with Gasteiger partial charge in [-0.05, 0) is 24.3 Å². The lowest BCUT2D eigenvalue weighted by molar-refractivity contribution is -0.143. The molecule has 138 valence electrons. The van der Waals surface area contributed by atoms with Gasteiger partial charge in [-0.25, -0.2) is 9.07 Å². The number of ketones is 1. The predicted molar refractivity (Wildman–Crippen MR) is 81.0 cm³/mol. The first-order valence-electron chi connectivity index (χ1n) is 7.79. The number of nitrogens with zero attached hydrogens (tertiary/aromatic N) is 4. The van der Waals surface area contributed by atoms with E-state index in [0.29, 0.717) is 4.68 Å². The number of carbonyl (C=O) groups is 2. The lowest BCUT2D eigenvalue weighted by Crippen LogP contribution is -2.43. The maximum atomic E-state index is 13.6. The number of piperidine rings is 1. The number of halogens is 4. The molecular weight excluding hydrogens is 356 g/mol. The molecule has 0 aliphatic carbocycles. The molecule has 2 heterocycles. The van der Waals surface area contributed by atoms with Crippen LogP contribution >= 0.6 is 0 Å². The highest BCUT2D eigenvalue weighted by Gasteiger charge is 2.43. The fraction of sp³-hybridized carbons (Fsp3) is 0.375. The maximum Gasteiger partial charge on any atom is 0.435 e. The van der Waals surface area contributed by atoms with Crippen LogP contribution < -0.4 is 0 Å². The minimum atomic E-state index is -4.90. The summed E-state index contributed by atoms with van der Waals surface area (Å²) >= 11 is 0. The first-order chi connectivity index (χ1) is 12.2.